The lowest BCUT2D eigenvalue weighted by molar-refractivity contribution is 0.985. The van der Waals surface area contributed by atoms with E-state index in [0.29, 0.717) is 5.92 Å². The summed E-state index contributed by atoms with van der Waals surface area (Å²) in [5.41, 5.74) is 11.6. The van der Waals surface area contributed by atoms with Crippen LogP contribution >= 0.6 is 11.3 Å². The lowest BCUT2D eigenvalue weighted by atomic mass is 9.84. The molecule has 1 fully saturated rings. The van der Waals surface area contributed by atoms with E-state index in [9.17, 15) is 0 Å². The van der Waals surface area contributed by atoms with Gasteiger partial charge >= 0.3 is 0 Å². The normalized spacial score (nSPS) is 16.2. The van der Waals surface area contributed by atoms with Crippen LogP contribution in [0.1, 0.15) is 12.0 Å². The largest absolute Gasteiger partial charge is 0.308 e. The zero-order chi connectivity index (χ0) is 39.8. The Hall–Kier alpha value is -7.26. The highest BCUT2D eigenvalue weighted by molar-refractivity contribution is 7.26. The van der Waals surface area contributed by atoms with Gasteiger partial charge in [0.2, 0.25) is 0 Å². The van der Waals surface area contributed by atoms with E-state index in [1.165, 1.54) is 131 Å². The van der Waals surface area contributed by atoms with Crippen molar-refractivity contribution in [2.24, 2.45) is 11.8 Å². The molecule has 1 saturated carbocycles. The second-order valence-corrected chi connectivity index (χ2v) is 18.1. The Bertz CT molecular complexity index is 3760. The lowest BCUT2D eigenvalue weighted by Crippen LogP contribution is -1.99. The van der Waals surface area contributed by atoms with Crippen LogP contribution in [0, 0.1) is 11.8 Å². The molecule has 2 unspecified atom stereocenters. The lowest BCUT2D eigenvalue weighted by Gasteiger charge is -2.19. The molecule has 0 radical (unpaired) electrons. The van der Waals surface area contributed by atoms with Crippen molar-refractivity contribution in [3.05, 3.63) is 206 Å². The summed E-state index contributed by atoms with van der Waals surface area (Å²) in [6.07, 6.45) is 8.64. The van der Waals surface area contributed by atoms with Gasteiger partial charge in [-0.1, -0.05) is 182 Å². The molecule has 12 aromatic rings. The monoisotopic (exact) mass is 791 g/mol. The quantitative estimate of drug-likeness (QED) is 0.157. The summed E-state index contributed by atoms with van der Waals surface area (Å²) in [6, 6.07) is 68.1. The first kappa shape index (κ1) is 33.6. The molecule has 0 spiro atoms. The summed E-state index contributed by atoms with van der Waals surface area (Å²) in [7, 11) is 0. The van der Waals surface area contributed by atoms with E-state index in [2.05, 4.69) is 205 Å². The van der Waals surface area contributed by atoms with Crippen molar-refractivity contribution < 1.29 is 0 Å². The fourth-order valence-electron chi connectivity index (χ4n) is 11.0. The van der Waals surface area contributed by atoms with Gasteiger partial charge in [0, 0.05) is 47.3 Å². The highest BCUT2D eigenvalue weighted by Gasteiger charge is 2.35. The highest BCUT2D eigenvalue weighted by atomic mass is 32.1. The van der Waals surface area contributed by atoms with Gasteiger partial charge in [-0.15, -0.1) is 11.3 Å². The Morgan fingerprint density at radius 1 is 0.410 bits per heavy atom. The van der Waals surface area contributed by atoms with E-state index in [1.807, 2.05) is 11.3 Å². The van der Waals surface area contributed by atoms with Crippen LogP contribution in [-0.2, 0) is 0 Å². The Morgan fingerprint density at radius 2 is 0.918 bits per heavy atom. The number of hydrogen-bond donors (Lipinski definition) is 0. The SMILES string of the molecule is C1=CC2CC2C=C1c1c2ccccc2c(-c2cccc3c2sc2cc(-c4c5ccccc5c(-n5c6ccccc6c6ccccc65)c5ccccc45)ccc23)c2ccccc12. The minimum atomic E-state index is 0.684. The van der Waals surface area contributed by atoms with Crippen molar-refractivity contribution >= 4 is 102 Å². The van der Waals surface area contributed by atoms with E-state index in [-0.39, 0.29) is 0 Å². The van der Waals surface area contributed by atoms with Crippen LogP contribution in [0.4, 0.5) is 0 Å². The molecule has 14 rings (SSSR count). The maximum atomic E-state index is 2.53. The van der Waals surface area contributed by atoms with E-state index < -0.39 is 0 Å². The summed E-state index contributed by atoms with van der Waals surface area (Å²) in [6.45, 7) is 0. The minimum absolute atomic E-state index is 0.684. The number of para-hydroxylation sites is 2. The predicted molar refractivity (Wildman–Crippen MR) is 263 cm³/mol. The molecule has 2 aliphatic carbocycles. The Labute approximate surface area is 356 Å². The maximum absolute atomic E-state index is 2.53. The second kappa shape index (κ2) is 12.6. The number of hydrogen-bond acceptors (Lipinski definition) is 1. The molecule has 0 N–H and O–H groups in total. The standard InChI is InChI=1S/C59H37NS/c1-3-18-44-42(16-1)55(36-29-28-35-32-38(35)33-36)43-17-2-4-19-45(43)57(44)51-25-13-24-50-41-31-30-37(34-54(41)61-59(50)51)56-46-20-5-7-22-48(46)58(49-23-8-6-21-47(49)56)60-52-26-11-9-14-39(52)40-15-10-12-27-53(40)60/h1-31,33-35,38H,32H2. The van der Waals surface area contributed by atoms with Gasteiger partial charge in [0.1, 0.15) is 0 Å². The van der Waals surface area contributed by atoms with E-state index in [0.717, 1.165) is 5.92 Å². The van der Waals surface area contributed by atoms with Gasteiger partial charge in [0.25, 0.3) is 0 Å². The third kappa shape index (κ3) is 4.77. The van der Waals surface area contributed by atoms with E-state index in [1.54, 1.807) is 0 Å². The van der Waals surface area contributed by atoms with E-state index >= 15 is 0 Å². The van der Waals surface area contributed by atoms with E-state index in [4.69, 9.17) is 0 Å². The fraction of sp³-hybridized carbons (Fsp3) is 0.0508. The predicted octanol–water partition coefficient (Wildman–Crippen LogP) is 16.7. The maximum Gasteiger partial charge on any atom is 0.0619 e. The minimum Gasteiger partial charge on any atom is -0.308 e. The Kier molecular flexibility index (Phi) is 6.95. The number of allylic oxidation sites excluding steroid dienone is 4. The van der Waals surface area contributed by atoms with Crippen molar-refractivity contribution in [3.63, 3.8) is 0 Å². The van der Waals surface area contributed by atoms with Crippen LogP contribution in [-0.4, -0.2) is 4.57 Å². The average molecular weight is 792 g/mol. The van der Waals surface area contributed by atoms with Gasteiger partial charge in [0.05, 0.1) is 16.7 Å². The Balaban J connectivity index is 1.01. The molecule has 2 aromatic heterocycles. The number of nitrogens with zero attached hydrogens (tertiary/aromatic N) is 1. The van der Waals surface area contributed by atoms with Crippen LogP contribution in [0.3, 0.4) is 0 Å². The van der Waals surface area contributed by atoms with Gasteiger partial charge in [0.15, 0.2) is 0 Å². The molecule has 284 valence electrons. The smallest absolute Gasteiger partial charge is 0.0619 e. The number of thiophene rings is 1. The number of rotatable bonds is 4. The number of aromatic nitrogens is 1. The van der Waals surface area contributed by atoms with Crippen LogP contribution in [0.5, 0.6) is 0 Å². The highest BCUT2D eigenvalue weighted by Crippen LogP contribution is 2.51. The summed E-state index contributed by atoms with van der Waals surface area (Å²) in [5, 5.41) is 15.5. The van der Waals surface area contributed by atoms with Crippen molar-refractivity contribution in [3.8, 4) is 27.9 Å². The first-order chi connectivity index (χ1) is 30.3. The van der Waals surface area contributed by atoms with Crippen LogP contribution in [0.2, 0.25) is 0 Å². The topological polar surface area (TPSA) is 4.93 Å². The Morgan fingerprint density at radius 3 is 1.51 bits per heavy atom. The molecule has 2 heterocycles. The zero-order valence-electron chi connectivity index (χ0n) is 33.3. The average Bonchev–Trinajstić information content (AvgIpc) is 3.90. The van der Waals surface area contributed by atoms with Crippen molar-refractivity contribution in [2.45, 2.75) is 6.42 Å². The summed E-state index contributed by atoms with van der Waals surface area (Å²) >= 11 is 1.94. The van der Waals surface area contributed by atoms with Crippen molar-refractivity contribution in [1.29, 1.82) is 0 Å². The molecule has 0 bridgehead atoms. The van der Waals surface area contributed by atoms with Gasteiger partial charge < -0.3 is 4.57 Å². The molecule has 0 amide bonds. The number of fused-ring (bicyclic) bond motifs is 11. The molecule has 2 atom stereocenters. The molecule has 61 heavy (non-hydrogen) atoms. The van der Waals surface area contributed by atoms with Crippen LogP contribution in [0.15, 0.2) is 200 Å². The van der Waals surface area contributed by atoms with Crippen LogP contribution in [0.25, 0.3) is 119 Å². The molecule has 2 heteroatoms. The molecule has 2 aliphatic rings. The molecule has 1 nitrogen and oxygen atoms in total. The van der Waals surface area contributed by atoms with Gasteiger partial charge in [-0.3, -0.25) is 0 Å². The summed E-state index contributed by atoms with van der Waals surface area (Å²) < 4.78 is 5.15. The summed E-state index contributed by atoms with van der Waals surface area (Å²) in [5.74, 6) is 1.41. The third-order valence-electron chi connectivity index (χ3n) is 13.8. The summed E-state index contributed by atoms with van der Waals surface area (Å²) in [4.78, 5) is 0. The van der Waals surface area contributed by atoms with Gasteiger partial charge in [-0.25, -0.2) is 0 Å². The zero-order valence-corrected chi connectivity index (χ0v) is 34.1. The molecular weight excluding hydrogens is 755 g/mol. The first-order valence-corrected chi connectivity index (χ1v) is 22.3. The fourth-order valence-corrected chi connectivity index (χ4v) is 12.3. The molecule has 0 aliphatic heterocycles. The van der Waals surface area contributed by atoms with Crippen molar-refractivity contribution in [1.82, 2.24) is 4.57 Å². The van der Waals surface area contributed by atoms with Gasteiger partial charge in [-0.2, -0.15) is 0 Å². The van der Waals surface area contributed by atoms with Crippen LogP contribution < -0.4 is 0 Å². The second-order valence-electron chi connectivity index (χ2n) is 17.1. The number of benzene rings is 10. The first-order valence-electron chi connectivity index (χ1n) is 21.5. The third-order valence-corrected chi connectivity index (χ3v) is 15.0. The molecule has 0 saturated heterocycles. The molecule has 10 aromatic carbocycles. The van der Waals surface area contributed by atoms with Gasteiger partial charge in [-0.05, 0) is 96.6 Å². The molecular formula is C59H37NS. The van der Waals surface area contributed by atoms with Crippen molar-refractivity contribution in [2.75, 3.05) is 0 Å².